The number of carbonyl (C=O) groups is 3. The van der Waals surface area contributed by atoms with Crippen molar-refractivity contribution in [1.29, 1.82) is 0 Å². The minimum Gasteiger partial charge on any atom is -0.391 e. The number of carbonyl (C=O) groups excluding carboxylic acids is 3. The zero-order valence-electron chi connectivity index (χ0n) is 13.3. The molecule has 9 heteroatoms. The van der Waals surface area contributed by atoms with Gasteiger partial charge in [0, 0.05) is 17.7 Å². The van der Waals surface area contributed by atoms with E-state index in [0.29, 0.717) is 25.1 Å². The predicted octanol–water partition coefficient (Wildman–Crippen LogP) is -1.25. The molecule has 132 valence electrons. The monoisotopic (exact) mass is 338 g/mol. The van der Waals surface area contributed by atoms with Crippen LogP contribution in [0, 0.1) is 0 Å². The molecule has 0 aliphatic heterocycles. The summed E-state index contributed by atoms with van der Waals surface area (Å²) in [7, 11) is 0. The number of aliphatic hydroxyl groups excluding tert-OH is 1. The van der Waals surface area contributed by atoms with E-state index in [2.05, 4.69) is 10.6 Å². The van der Waals surface area contributed by atoms with E-state index in [0.717, 1.165) is 0 Å². The van der Waals surface area contributed by atoms with Gasteiger partial charge in [0.15, 0.2) is 0 Å². The van der Waals surface area contributed by atoms with Crippen LogP contribution in [-0.2, 0) is 4.79 Å². The topological polar surface area (TPSA) is 154 Å². The van der Waals surface area contributed by atoms with Gasteiger partial charge in [0.2, 0.25) is 0 Å². The second-order valence-electron chi connectivity index (χ2n) is 5.14. The number of amides is 3. The van der Waals surface area contributed by atoms with Gasteiger partial charge in [-0.2, -0.15) is 0 Å². The maximum Gasteiger partial charge on any atom is 0.268 e. The number of rotatable bonds is 8. The zero-order valence-corrected chi connectivity index (χ0v) is 13.3. The number of aliphatic hydroxyl groups is 1. The molecular weight excluding hydrogens is 316 g/mol. The van der Waals surface area contributed by atoms with Crippen molar-refractivity contribution in [2.45, 2.75) is 25.5 Å². The van der Waals surface area contributed by atoms with Crippen molar-refractivity contribution in [3.8, 4) is 0 Å². The molecule has 0 bridgehead atoms. The molecule has 24 heavy (non-hydrogen) atoms. The fraction of sp³-hybridized carbons (Fsp3) is 0.400. The van der Waals surface area contributed by atoms with E-state index in [1.165, 1.54) is 36.7 Å². The van der Waals surface area contributed by atoms with Gasteiger partial charge in [-0.25, -0.2) is 5.48 Å². The number of nitrogens with one attached hydrogen (secondary N) is 3. The Hall–Kier alpha value is -2.49. The van der Waals surface area contributed by atoms with Crippen molar-refractivity contribution >= 4 is 17.7 Å². The summed E-state index contributed by atoms with van der Waals surface area (Å²) in [5.74, 6) is -1.84. The first-order chi connectivity index (χ1) is 11.4. The Bertz CT molecular complexity index is 574. The van der Waals surface area contributed by atoms with E-state index in [1.807, 2.05) is 0 Å². The standard InChI is InChI=1S/C15H22N4O5/c1-9(20)12(15(23)19-24)18-14(22)11-5-3-10(4-6-11)13(21)17-8-2-7-16/h3-6,9,12,20,24H,2,7-8,16H2,1H3,(H,17,21)(H,18,22)(H,19,23)/t9-,12+/m1/s1. The van der Waals surface area contributed by atoms with Gasteiger partial charge in [-0.15, -0.1) is 0 Å². The van der Waals surface area contributed by atoms with Gasteiger partial charge in [0.1, 0.15) is 6.04 Å². The van der Waals surface area contributed by atoms with Crippen molar-refractivity contribution in [3.05, 3.63) is 35.4 Å². The third-order valence-electron chi connectivity index (χ3n) is 3.24. The molecule has 7 N–H and O–H groups in total. The summed E-state index contributed by atoms with van der Waals surface area (Å²) in [6.45, 7) is 2.24. The van der Waals surface area contributed by atoms with Crippen LogP contribution in [0.25, 0.3) is 0 Å². The minimum atomic E-state index is -1.30. The van der Waals surface area contributed by atoms with Gasteiger partial charge in [-0.05, 0) is 44.2 Å². The average Bonchev–Trinajstić information content (AvgIpc) is 2.58. The summed E-state index contributed by atoms with van der Waals surface area (Å²) in [4.78, 5) is 35.3. The number of nitrogens with two attached hydrogens (primary N) is 1. The fourth-order valence-electron chi connectivity index (χ4n) is 1.88. The number of hydroxylamine groups is 1. The maximum absolute atomic E-state index is 12.1. The Morgan fingerprint density at radius 1 is 1.12 bits per heavy atom. The van der Waals surface area contributed by atoms with Crippen molar-refractivity contribution in [2.24, 2.45) is 5.73 Å². The Morgan fingerprint density at radius 3 is 2.12 bits per heavy atom. The van der Waals surface area contributed by atoms with Crippen LogP contribution >= 0.6 is 0 Å². The van der Waals surface area contributed by atoms with Crippen LogP contribution in [0.15, 0.2) is 24.3 Å². The molecule has 3 amide bonds. The highest BCUT2D eigenvalue weighted by molar-refractivity contribution is 5.99. The summed E-state index contributed by atoms with van der Waals surface area (Å²) in [6, 6.07) is 4.47. The summed E-state index contributed by atoms with van der Waals surface area (Å²) in [5.41, 5.74) is 7.29. The Morgan fingerprint density at radius 2 is 1.67 bits per heavy atom. The lowest BCUT2D eigenvalue weighted by molar-refractivity contribution is -0.133. The minimum absolute atomic E-state index is 0.199. The quantitative estimate of drug-likeness (QED) is 0.198. The van der Waals surface area contributed by atoms with E-state index in [4.69, 9.17) is 10.9 Å². The molecule has 0 aliphatic carbocycles. The van der Waals surface area contributed by atoms with Gasteiger partial charge in [-0.1, -0.05) is 0 Å². The van der Waals surface area contributed by atoms with Crippen LogP contribution in [0.2, 0.25) is 0 Å². The second kappa shape index (κ2) is 9.60. The molecule has 9 nitrogen and oxygen atoms in total. The highest BCUT2D eigenvalue weighted by Crippen LogP contribution is 2.06. The lowest BCUT2D eigenvalue weighted by atomic mass is 10.1. The lowest BCUT2D eigenvalue weighted by Gasteiger charge is -2.19. The van der Waals surface area contributed by atoms with Gasteiger partial charge in [0.05, 0.1) is 6.10 Å². The van der Waals surface area contributed by atoms with Gasteiger partial charge in [0.25, 0.3) is 17.7 Å². The van der Waals surface area contributed by atoms with Crippen molar-refractivity contribution in [1.82, 2.24) is 16.1 Å². The largest absolute Gasteiger partial charge is 0.391 e. The van der Waals surface area contributed by atoms with E-state index < -0.39 is 24.0 Å². The van der Waals surface area contributed by atoms with Gasteiger partial charge >= 0.3 is 0 Å². The Labute approximate surface area is 139 Å². The van der Waals surface area contributed by atoms with Crippen LogP contribution in [0.5, 0.6) is 0 Å². The van der Waals surface area contributed by atoms with Crippen molar-refractivity contribution < 1.29 is 24.7 Å². The summed E-state index contributed by atoms with van der Waals surface area (Å²) in [6.07, 6.45) is -0.534. The first kappa shape index (κ1) is 19.6. The molecule has 1 aromatic rings. The smallest absolute Gasteiger partial charge is 0.268 e. The lowest BCUT2D eigenvalue weighted by Crippen LogP contribution is -2.51. The van der Waals surface area contributed by atoms with Crippen LogP contribution < -0.4 is 21.8 Å². The fourth-order valence-corrected chi connectivity index (χ4v) is 1.88. The Kier molecular flexibility index (Phi) is 7.83. The number of hydrogen-bond donors (Lipinski definition) is 6. The normalized spacial score (nSPS) is 12.8. The van der Waals surface area contributed by atoms with Crippen LogP contribution in [-0.4, -0.2) is 53.3 Å². The molecule has 0 saturated carbocycles. The third kappa shape index (κ3) is 5.61. The molecule has 0 unspecified atom stereocenters. The Balaban J connectivity index is 2.72. The molecule has 0 fully saturated rings. The number of hydrogen-bond acceptors (Lipinski definition) is 6. The zero-order chi connectivity index (χ0) is 18.1. The molecular formula is C15H22N4O5. The van der Waals surface area contributed by atoms with Crippen LogP contribution in [0.4, 0.5) is 0 Å². The molecule has 0 aliphatic rings. The average molecular weight is 338 g/mol. The van der Waals surface area contributed by atoms with E-state index in [-0.39, 0.29) is 11.5 Å². The van der Waals surface area contributed by atoms with E-state index in [1.54, 1.807) is 0 Å². The van der Waals surface area contributed by atoms with Crippen molar-refractivity contribution in [2.75, 3.05) is 13.1 Å². The first-order valence-electron chi connectivity index (χ1n) is 7.42. The van der Waals surface area contributed by atoms with Crippen molar-refractivity contribution in [3.63, 3.8) is 0 Å². The highest BCUT2D eigenvalue weighted by Gasteiger charge is 2.25. The number of benzene rings is 1. The molecule has 1 aromatic carbocycles. The SMILES string of the molecule is C[C@@H](O)[C@H](NC(=O)c1ccc(C(=O)NCCCN)cc1)C(=O)NO. The molecule has 0 radical (unpaired) electrons. The predicted molar refractivity (Wildman–Crippen MR) is 85.3 cm³/mol. The molecule has 0 spiro atoms. The molecule has 2 atom stereocenters. The van der Waals surface area contributed by atoms with E-state index >= 15 is 0 Å². The van der Waals surface area contributed by atoms with Gasteiger partial charge < -0.3 is 21.5 Å². The molecule has 0 heterocycles. The second-order valence-corrected chi connectivity index (χ2v) is 5.14. The van der Waals surface area contributed by atoms with Crippen LogP contribution in [0.1, 0.15) is 34.1 Å². The summed E-state index contributed by atoms with van der Waals surface area (Å²) < 4.78 is 0. The molecule has 0 aromatic heterocycles. The van der Waals surface area contributed by atoms with Gasteiger partial charge in [-0.3, -0.25) is 19.6 Å². The summed E-state index contributed by atoms with van der Waals surface area (Å²) >= 11 is 0. The molecule has 1 rings (SSSR count). The maximum atomic E-state index is 12.1. The molecule has 0 saturated heterocycles. The van der Waals surface area contributed by atoms with E-state index in [9.17, 15) is 19.5 Å². The third-order valence-corrected chi connectivity index (χ3v) is 3.24. The summed E-state index contributed by atoms with van der Waals surface area (Å²) in [5, 5.41) is 23.1. The van der Waals surface area contributed by atoms with Crippen LogP contribution in [0.3, 0.4) is 0 Å². The highest BCUT2D eigenvalue weighted by atomic mass is 16.5. The first-order valence-corrected chi connectivity index (χ1v) is 7.42.